The Kier molecular flexibility index (Phi) is 6.60. The summed E-state index contributed by atoms with van der Waals surface area (Å²) in [5.74, 6) is 1.02. The van der Waals surface area contributed by atoms with Crippen LogP contribution in [0.15, 0.2) is 65.7 Å². The number of halogens is 1. The predicted molar refractivity (Wildman–Crippen MR) is 124 cm³/mol. The first kappa shape index (κ1) is 22.3. The van der Waals surface area contributed by atoms with Gasteiger partial charge in [0.15, 0.2) is 6.61 Å². The van der Waals surface area contributed by atoms with Crippen LogP contribution in [0.1, 0.15) is 25.6 Å². The molecule has 0 aliphatic rings. The van der Waals surface area contributed by atoms with E-state index in [4.69, 9.17) is 21.1 Å². The van der Waals surface area contributed by atoms with E-state index in [0.717, 1.165) is 0 Å². The second-order valence-corrected chi connectivity index (χ2v) is 7.90. The van der Waals surface area contributed by atoms with Crippen molar-refractivity contribution in [2.75, 3.05) is 11.9 Å². The fourth-order valence-electron chi connectivity index (χ4n) is 3.11. The Morgan fingerprint density at radius 3 is 2.61 bits per heavy atom. The summed E-state index contributed by atoms with van der Waals surface area (Å²) in [6, 6.07) is 15.3. The Hall–Kier alpha value is -3.85. The van der Waals surface area contributed by atoms with Crippen molar-refractivity contribution in [3.63, 3.8) is 0 Å². The second kappa shape index (κ2) is 9.74. The summed E-state index contributed by atoms with van der Waals surface area (Å²) < 4.78 is 14.3. The van der Waals surface area contributed by atoms with E-state index >= 15 is 0 Å². The number of fused-ring (bicyclic) bond motifs is 1. The van der Waals surface area contributed by atoms with E-state index in [2.05, 4.69) is 15.3 Å². The number of nitrogens with zero attached hydrogens (tertiary/aromatic N) is 4. The van der Waals surface area contributed by atoms with Crippen molar-refractivity contribution in [3.05, 3.63) is 82.0 Å². The predicted octanol–water partition coefficient (Wildman–Crippen LogP) is 3.72. The van der Waals surface area contributed by atoms with Gasteiger partial charge in [-0.05, 0) is 50.2 Å². The lowest BCUT2D eigenvalue weighted by molar-refractivity contribution is -0.118. The van der Waals surface area contributed by atoms with Crippen LogP contribution in [0.5, 0.6) is 11.5 Å². The molecule has 0 saturated carbocycles. The van der Waals surface area contributed by atoms with Gasteiger partial charge in [-0.15, -0.1) is 0 Å². The summed E-state index contributed by atoms with van der Waals surface area (Å²) in [6.45, 7) is 3.86. The van der Waals surface area contributed by atoms with Gasteiger partial charge in [-0.1, -0.05) is 23.7 Å². The SMILES string of the molecule is CC(C)n1cnc2nc(COc3ccc(NC(=O)COc4ccccc4Cl)cc3)cc(=O)n21. The Morgan fingerprint density at radius 2 is 1.88 bits per heavy atom. The van der Waals surface area contributed by atoms with Gasteiger partial charge in [-0.25, -0.2) is 4.98 Å². The number of anilines is 1. The lowest BCUT2D eigenvalue weighted by atomic mass is 10.3. The third kappa shape index (κ3) is 5.32. The van der Waals surface area contributed by atoms with E-state index in [1.54, 1.807) is 59.5 Å². The molecule has 1 N–H and O–H groups in total. The zero-order valence-electron chi connectivity index (χ0n) is 18.1. The van der Waals surface area contributed by atoms with Crippen LogP contribution in [-0.4, -0.2) is 31.7 Å². The molecule has 4 rings (SSSR count). The summed E-state index contributed by atoms with van der Waals surface area (Å²) in [5.41, 5.74) is 0.845. The molecule has 0 fully saturated rings. The van der Waals surface area contributed by atoms with Gasteiger partial charge in [0.2, 0.25) is 0 Å². The molecule has 0 radical (unpaired) electrons. The number of rotatable bonds is 8. The highest BCUT2D eigenvalue weighted by atomic mass is 35.5. The van der Waals surface area contributed by atoms with Crippen LogP contribution >= 0.6 is 11.6 Å². The maximum atomic E-state index is 12.5. The number of hydrogen-bond donors (Lipinski definition) is 1. The lowest BCUT2D eigenvalue weighted by Gasteiger charge is -2.10. The summed E-state index contributed by atoms with van der Waals surface area (Å²) in [5, 5.41) is 3.18. The van der Waals surface area contributed by atoms with Gasteiger partial charge in [0.25, 0.3) is 17.2 Å². The number of hydrogen-bond acceptors (Lipinski definition) is 6. The molecule has 9 nitrogen and oxygen atoms in total. The van der Waals surface area contributed by atoms with Crippen molar-refractivity contribution < 1.29 is 14.3 Å². The summed E-state index contributed by atoms with van der Waals surface area (Å²) >= 11 is 6.01. The first-order valence-electron chi connectivity index (χ1n) is 10.3. The van der Waals surface area contributed by atoms with E-state index in [1.165, 1.54) is 10.6 Å². The Morgan fingerprint density at radius 1 is 1.12 bits per heavy atom. The van der Waals surface area contributed by atoms with Crippen LogP contribution < -0.4 is 20.3 Å². The summed E-state index contributed by atoms with van der Waals surface area (Å²) in [7, 11) is 0. The molecular weight excluding hydrogens is 446 g/mol. The quantitative estimate of drug-likeness (QED) is 0.424. The van der Waals surface area contributed by atoms with Gasteiger partial charge in [-0.3, -0.25) is 14.3 Å². The largest absolute Gasteiger partial charge is 0.487 e. The number of benzene rings is 2. The number of ether oxygens (including phenoxy) is 2. The van der Waals surface area contributed by atoms with Crippen LogP contribution in [-0.2, 0) is 11.4 Å². The normalized spacial score (nSPS) is 11.0. The van der Waals surface area contributed by atoms with Gasteiger partial charge >= 0.3 is 0 Å². The molecule has 1 amide bonds. The van der Waals surface area contributed by atoms with E-state index in [0.29, 0.717) is 33.7 Å². The first-order chi connectivity index (χ1) is 15.9. The molecule has 4 aromatic rings. The van der Waals surface area contributed by atoms with E-state index in [1.807, 2.05) is 13.8 Å². The van der Waals surface area contributed by atoms with E-state index < -0.39 is 0 Å². The molecule has 0 aliphatic carbocycles. The molecule has 10 heteroatoms. The van der Waals surface area contributed by atoms with Crippen molar-refractivity contribution in [1.82, 2.24) is 19.2 Å². The van der Waals surface area contributed by atoms with Crippen molar-refractivity contribution in [2.24, 2.45) is 0 Å². The molecule has 0 aliphatic heterocycles. The highest BCUT2D eigenvalue weighted by Crippen LogP contribution is 2.23. The monoisotopic (exact) mass is 467 g/mol. The van der Waals surface area contributed by atoms with Gasteiger partial charge in [-0.2, -0.15) is 9.50 Å². The molecule has 0 unspecified atom stereocenters. The van der Waals surface area contributed by atoms with Crippen LogP contribution in [0.4, 0.5) is 5.69 Å². The van der Waals surface area contributed by atoms with Gasteiger partial charge in [0, 0.05) is 17.8 Å². The highest BCUT2D eigenvalue weighted by Gasteiger charge is 2.11. The molecule has 0 spiro atoms. The van der Waals surface area contributed by atoms with Crippen molar-refractivity contribution in [2.45, 2.75) is 26.5 Å². The number of aromatic nitrogens is 4. The minimum Gasteiger partial charge on any atom is -0.487 e. The first-order valence-corrected chi connectivity index (χ1v) is 10.6. The summed E-state index contributed by atoms with van der Waals surface area (Å²) in [6.07, 6.45) is 1.59. The molecular formula is C23H22ClN5O4. The molecule has 0 atom stereocenters. The Bertz CT molecular complexity index is 1330. The maximum Gasteiger partial charge on any atom is 0.274 e. The minimum atomic E-state index is -0.317. The standard InChI is InChI=1S/C23H22ClN5O4/c1-15(2)28-14-25-23-27-17(11-22(31)29(23)28)12-32-18-9-7-16(8-10-18)26-21(30)13-33-20-6-4-3-5-19(20)24/h3-11,14-15H,12-13H2,1-2H3,(H,26,30). The van der Waals surface area contributed by atoms with Crippen molar-refractivity contribution in [3.8, 4) is 11.5 Å². The Labute approximate surface area is 194 Å². The number of carbonyl (C=O) groups excluding carboxylic acids is 1. The molecule has 2 heterocycles. The number of para-hydroxylation sites is 1. The number of carbonyl (C=O) groups is 1. The lowest BCUT2D eigenvalue weighted by Crippen LogP contribution is -2.23. The second-order valence-electron chi connectivity index (χ2n) is 7.50. The van der Waals surface area contributed by atoms with Crippen LogP contribution in [0.2, 0.25) is 5.02 Å². The molecule has 170 valence electrons. The topological polar surface area (TPSA) is 99.8 Å². The van der Waals surface area contributed by atoms with E-state index in [-0.39, 0.29) is 30.7 Å². The maximum absolute atomic E-state index is 12.5. The average molecular weight is 468 g/mol. The summed E-state index contributed by atoms with van der Waals surface area (Å²) in [4.78, 5) is 33.2. The molecule has 2 aromatic carbocycles. The zero-order valence-corrected chi connectivity index (χ0v) is 18.8. The smallest absolute Gasteiger partial charge is 0.274 e. The molecule has 2 aromatic heterocycles. The van der Waals surface area contributed by atoms with Gasteiger partial charge in [0.1, 0.15) is 24.4 Å². The van der Waals surface area contributed by atoms with Crippen molar-refractivity contribution >= 4 is 29.0 Å². The Balaban J connectivity index is 1.33. The van der Waals surface area contributed by atoms with Crippen LogP contribution in [0.3, 0.4) is 0 Å². The average Bonchev–Trinajstić information content (AvgIpc) is 3.23. The number of nitrogens with one attached hydrogen (secondary N) is 1. The molecule has 0 bridgehead atoms. The van der Waals surface area contributed by atoms with Gasteiger partial charge < -0.3 is 14.8 Å². The third-order valence-electron chi connectivity index (χ3n) is 4.70. The highest BCUT2D eigenvalue weighted by molar-refractivity contribution is 6.32. The molecule has 33 heavy (non-hydrogen) atoms. The zero-order chi connectivity index (χ0) is 23.4. The minimum absolute atomic E-state index is 0.0818. The van der Waals surface area contributed by atoms with E-state index in [9.17, 15) is 9.59 Å². The molecule has 0 saturated heterocycles. The van der Waals surface area contributed by atoms with Crippen LogP contribution in [0, 0.1) is 0 Å². The van der Waals surface area contributed by atoms with Gasteiger partial charge in [0.05, 0.1) is 10.7 Å². The fraction of sp³-hybridized carbons (Fsp3) is 0.217. The fourth-order valence-corrected chi connectivity index (χ4v) is 3.30. The number of amides is 1. The third-order valence-corrected chi connectivity index (χ3v) is 5.02. The van der Waals surface area contributed by atoms with Crippen molar-refractivity contribution in [1.29, 1.82) is 0 Å². The van der Waals surface area contributed by atoms with Crippen LogP contribution in [0.25, 0.3) is 5.78 Å².